The lowest BCUT2D eigenvalue weighted by Gasteiger charge is -2.32. The number of amides is 9. The largest absolute Gasteiger partial charge is 0.610 e. The van der Waals surface area contributed by atoms with Gasteiger partial charge < -0.3 is 92.6 Å². The number of rotatable bonds is 18. The van der Waals surface area contributed by atoms with Gasteiger partial charge in [0.15, 0.2) is 6.04 Å². The van der Waals surface area contributed by atoms with Gasteiger partial charge in [-0.15, -0.1) is 0 Å². The van der Waals surface area contributed by atoms with Gasteiger partial charge in [0.05, 0.1) is 63.6 Å². The third-order valence-corrected chi connectivity index (χ3v) is 16.8. The molecule has 2 aromatic rings. The van der Waals surface area contributed by atoms with Gasteiger partial charge in [0, 0.05) is 77.1 Å². The van der Waals surface area contributed by atoms with Crippen LogP contribution in [-0.4, -0.2) is 211 Å². The van der Waals surface area contributed by atoms with Crippen LogP contribution in [-0.2, 0) is 66.4 Å². The molecule has 1 unspecified atom stereocenters. The van der Waals surface area contributed by atoms with E-state index in [-0.39, 0.29) is 28.0 Å². The normalized spacial score (nSPS) is 25.0. The summed E-state index contributed by atoms with van der Waals surface area (Å²) in [6, 6.07) is -5.94. The van der Waals surface area contributed by atoms with E-state index in [1.54, 1.807) is 51.7 Å². The van der Waals surface area contributed by atoms with Crippen molar-refractivity contribution >= 4 is 87.2 Å². The first-order valence-corrected chi connectivity index (χ1v) is 28.4. The van der Waals surface area contributed by atoms with E-state index in [4.69, 9.17) is 20.9 Å². The van der Waals surface area contributed by atoms with Gasteiger partial charge in [-0.25, -0.2) is 4.79 Å². The molecule has 5 rings (SSSR count). The number of hydrogen-bond acceptors (Lipinski definition) is 18. The number of nitrogens with two attached hydrogens (primary N) is 2. The van der Waals surface area contributed by atoms with Crippen LogP contribution in [0.15, 0.2) is 17.2 Å². The second-order valence-electron chi connectivity index (χ2n) is 21.0. The lowest BCUT2D eigenvalue weighted by Crippen LogP contribution is -2.61. The number of aromatic nitrogens is 1. The Morgan fingerprint density at radius 1 is 1.01 bits per heavy atom. The number of ether oxygens (including phenoxy) is 2. The lowest BCUT2D eigenvalue weighted by molar-refractivity contribution is -0.144. The van der Waals surface area contributed by atoms with E-state index >= 15 is 4.55 Å². The van der Waals surface area contributed by atoms with Gasteiger partial charge in [0.25, 0.3) is 0 Å². The number of nitrogens with zero attached hydrogens (tertiary/aromatic N) is 2. The molecule has 0 saturated carbocycles. The summed E-state index contributed by atoms with van der Waals surface area (Å²) in [4.78, 5) is 128. The molecule has 3 aliphatic heterocycles. The molecular weight excluding hydrogens is 1070 g/mol. The first-order valence-electron chi connectivity index (χ1n) is 26.1. The molecule has 2 saturated heterocycles. The standard InChI is InChI=1S/C50H77N11O16S2/c1-8-24(2)40(57-38(67)16-51)45(71)53-17-39(68)55-33-23-79(75)47-30(29-9-10-36(76-7)31(42(29)59-47)22-78-28-11-12-60(19-28)49(74)77-50(4,5)6)13-26(20-62)54-46(72)41(25(3)35(65)21-63)58-44(70)34-14-27(64)18-61(34)48(73)32(15-37(52)66)56-43(33)69/h9-10,24-28,32-35,40-41,59,62-65H,8,11-23,51H2,1-7H3,(H2,52,66)(H,53,71)(H,54,72)(H,55,68)(H,56,69)(H,57,67)(H,58,70)/t24-,25-,26-,27+,28+,32-,33-,34-,35-,40-,41-,79?/m0/s1. The zero-order valence-electron chi connectivity index (χ0n) is 45.5. The summed E-state index contributed by atoms with van der Waals surface area (Å²) in [6.07, 6.45) is -3.85. The molecule has 79 heavy (non-hydrogen) atoms. The average molecular weight is 1150 g/mol. The van der Waals surface area contributed by atoms with E-state index in [1.807, 2.05) is 0 Å². The number of methoxy groups -OCH3 is 1. The number of aliphatic hydroxyl groups excluding tert-OH is 4. The van der Waals surface area contributed by atoms with Crippen molar-refractivity contribution in [3.8, 4) is 5.75 Å². The van der Waals surface area contributed by atoms with Gasteiger partial charge in [0.2, 0.25) is 52.3 Å². The third-order valence-electron chi connectivity index (χ3n) is 14.0. The number of carbonyl (C=O) groups is 9. The van der Waals surface area contributed by atoms with Gasteiger partial charge in [-0.05, 0) is 45.2 Å². The zero-order valence-corrected chi connectivity index (χ0v) is 47.1. The van der Waals surface area contributed by atoms with Crippen molar-refractivity contribution in [2.45, 2.75) is 144 Å². The third kappa shape index (κ3) is 16.8. The van der Waals surface area contributed by atoms with Crippen molar-refractivity contribution in [1.29, 1.82) is 0 Å². The number of carbonyl (C=O) groups excluding carboxylic acids is 9. The van der Waals surface area contributed by atoms with Crippen LogP contribution in [0.5, 0.6) is 5.75 Å². The van der Waals surface area contributed by atoms with Crippen molar-refractivity contribution in [1.82, 2.24) is 46.7 Å². The maximum absolute atomic E-state index is 15.2. The number of thioether (sulfide) groups is 1. The molecule has 4 heterocycles. The fourth-order valence-electron chi connectivity index (χ4n) is 9.45. The van der Waals surface area contributed by atoms with Crippen LogP contribution in [0.3, 0.4) is 0 Å². The van der Waals surface area contributed by atoms with Crippen molar-refractivity contribution in [2.75, 3.05) is 58.8 Å². The number of aromatic amines is 1. The lowest BCUT2D eigenvalue weighted by atomic mass is 9.94. The molecule has 2 fully saturated rings. The summed E-state index contributed by atoms with van der Waals surface area (Å²) in [6.45, 7) is 7.67. The maximum Gasteiger partial charge on any atom is 0.410 e. The predicted octanol–water partition coefficient (Wildman–Crippen LogP) is -3.55. The molecule has 1 aromatic heterocycles. The Morgan fingerprint density at radius 2 is 1.72 bits per heavy atom. The summed E-state index contributed by atoms with van der Waals surface area (Å²) < 4.78 is 26.6. The minimum Gasteiger partial charge on any atom is -0.610 e. The Kier molecular flexibility index (Phi) is 23.0. The molecule has 0 radical (unpaired) electrons. The van der Waals surface area contributed by atoms with Crippen LogP contribution in [0.4, 0.5) is 4.79 Å². The van der Waals surface area contributed by atoms with E-state index < -0.39 is 182 Å². The van der Waals surface area contributed by atoms with Crippen LogP contribution in [0, 0.1) is 11.8 Å². The number of H-pyrrole nitrogens is 1. The van der Waals surface area contributed by atoms with Gasteiger partial charge in [0.1, 0.15) is 41.3 Å². The number of fused-ring (bicyclic) bond motifs is 4. The summed E-state index contributed by atoms with van der Waals surface area (Å²) in [5.74, 6) is -9.47. The van der Waals surface area contributed by atoms with E-state index in [2.05, 4.69) is 36.9 Å². The van der Waals surface area contributed by atoms with E-state index in [0.717, 1.165) is 4.90 Å². The highest BCUT2D eigenvalue weighted by atomic mass is 32.2. The van der Waals surface area contributed by atoms with E-state index in [1.165, 1.54) is 25.8 Å². The van der Waals surface area contributed by atoms with Crippen molar-refractivity contribution in [2.24, 2.45) is 23.3 Å². The molecule has 440 valence electrons. The number of hydrogen-bond donors (Lipinski definition) is 13. The maximum atomic E-state index is 15.2. The van der Waals surface area contributed by atoms with Crippen molar-refractivity contribution < 1.29 is 77.6 Å². The van der Waals surface area contributed by atoms with Gasteiger partial charge in [-0.2, -0.15) is 11.8 Å². The average Bonchev–Trinajstić information content (AvgIpc) is 4.15. The van der Waals surface area contributed by atoms with Gasteiger partial charge in [-0.1, -0.05) is 27.2 Å². The van der Waals surface area contributed by atoms with Gasteiger partial charge in [-0.3, -0.25) is 38.4 Å². The fraction of sp³-hybridized carbons (Fsp3) is 0.660. The molecule has 12 atom stereocenters. The number of nitrogens with one attached hydrogen (secondary N) is 7. The Bertz CT molecular complexity index is 2550. The zero-order chi connectivity index (χ0) is 58.6. The summed E-state index contributed by atoms with van der Waals surface area (Å²) in [7, 11) is 1.45. The molecule has 0 spiro atoms. The second-order valence-corrected chi connectivity index (χ2v) is 23.8. The molecule has 15 N–H and O–H groups in total. The highest BCUT2D eigenvalue weighted by Crippen LogP contribution is 2.38. The van der Waals surface area contributed by atoms with Crippen LogP contribution in [0.25, 0.3) is 10.9 Å². The van der Waals surface area contributed by atoms with Crippen molar-refractivity contribution in [3.05, 3.63) is 23.3 Å². The minimum absolute atomic E-state index is 0.0503. The highest BCUT2D eigenvalue weighted by molar-refractivity contribution is 7.99. The summed E-state index contributed by atoms with van der Waals surface area (Å²) >= 11 is -0.868. The number of aliphatic hydroxyl groups is 4. The van der Waals surface area contributed by atoms with Crippen molar-refractivity contribution in [3.63, 3.8) is 0 Å². The Hall–Kier alpha value is -5.95. The molecule has 1 aromatic carbocycles. The fourth-order valence-corrected chi connectivity index (χ4v) is 12.1. The van der Waals surface area contributed by atoms with E-state index in [9.17, 15) is 63.6 Å². The smallest absolute Gasteiger partial charge is 0.410 e. The van der Waals surface area contributed by atoms with Crippen LogP contribution in [0.1, 0.15) is 78.4 Å². The molecule has 29 heteroatoms. The highest BCUT2D eigenvalue weighted by Gasteiger charge is 2.45. The summed E-state index contributed by atoms with van der Waals surface area (Å²) in [5, 5.41) is 57.8. The molecule has 27 nitrogen and oxygen atoms in total. The van der Waals surface area contributed by atoms with Crippen LogP contribution in [0.2, 0.25) is 0 Å². The quantitative estimate of drug-likeness (QED) is 0.0643. The topological polar surface area (TPSA) is 423 Å². The monoisotopic (exact) mass is 1150 g/mol. The predicted molar refractivity (Wildman–Crippen MR) is 288 cm³/mol. The minimum atomic E-state index is -2.38. The van der Waals surface area contributed by atoms with Gasteiger partial charge >= 0.3 is 6.09 Å². The molecule has 0 bridgehead atoms. The Morgan fingerprint density at radius 3 is 2.34 bits per heavy atom. The number of likely N-dealkylation sites (tertiary alicyclic amines) is 1. The van der Waals surface area contributed by atoms with Crippen LogP contribution >= 0.6 is 11.8 Å². The number of benzene rings is 1. The Balaban J connectivity index is 1.63. The Labute approximate surface area is 464 Å². The molecule has 9 amide bonds. The molecular formula is C50H77N11O16S2. The van der Waals surface area contributed by atoms with Crippen LogP contribution < -0.4 is 48.1 Å². The SMILES string of the molecule is CC[C@H](C)[C@H](NC(=O)CN)C(=O)NCC(=O)N[C@H]1C[S+]([O-])c2[nH]c3c(CS[C@@H]4CCN(C(=O)OC(C)(C)C)C4)c(OC)ccc3c2C[C@@H](CO)NC(=O)[C@H]([C@@H](C)[C@@H](O)CO)NC(=O)[C@@H]2C[C@@H](O)CN2C(=O)[C@H](CC(N)=O)NC1=O. The number of primary amides is 1. The first-order chi connectivity index (χ1) is 37.2. The summed E-state index contributed by atoms with van der Waals surface area (Å²) in [5.41, 5.74) is 11.6. The molecule has 3 aliphatic rings. The molecule has 0 aliphatic carbocycles. The second kappa shape index (κ2) is 28.5. The first kappa shape index (κ1) is 63.9. The van der Waals surface area contributed by atoms with E-state index in [0.29, 0.717) is 48.1 Å².